The van der Waals surface area contributed by atoms with Crippen LogP contribution in [0, 0.1) is 0 Å². The van der Waals surface area contributed by atoms with Gasteiger partial charge in [0, 0.05) is 24.0 Å². The van der Waals surface area contributed by atoms with Crippen LogP contribution in [0.5, 0.6) is 0 Å². The Bertz CT molecular complexity index is 382. The predicted octanol–water partition coefficient (Wildman–Crippen LogP) is 3.16. The minimum absolute atomic E-state index is 0.411. The van der Waals surface area contributed by atoms with E-state index < -0.39 is 0 Å². The second-order valence-electron chi connectivity index (χ2n) is 6.23. The fourth-order valence-electron chi connectivity index (χ4n) is 2.88. The predicted molar refractivity (Wildman–Crippen MR) is 91.2 cm³/mol. The molecule has 0 spiro atoms. The van der Waals surface area contributed by atoms with Crippen LogP contribution in [0.2, 0.25) is 0 Å². The van der Waals surface area contributed by atoms with Gasteiger partial charge in [0.2, 0.25) is 0 Å². The summed E-state index contributed by atoms with van der Waals surface area (Å²) in [6.45, 7) is 7.68. The normalized spacial score (nSPS) is 23.8. The van der Waals surface area contributed by atoms with E-state index in [1.807, 2.05) is 11.3 Å². The molecule has 1 aliphatic heterocycles. The number of thiophene rings is 1. The van der Waals surface area contributed by atoms with Gasteiger partial charge < -0.3 is 15.0 Å². The lowest BCUT2D eigenvalue weighted by atomic mass is 10.1. The van der Waals surface area contributed by atoms with Crippen molar-refractivity contribution < 1.29 is 4.74 Å². The molecule has 1 N–H and O–H groups in total. The zero-order valence-electron chi connectivity index (χ0n) is 13.7. The Morgan fingerprint density at radius 3 is 2.95 bits per heavy atom. The molecule has 1 aromatic rings. The molecule has 1 aromatic heterocycles. The van der Waals surface area contributed by atoms with Gasteiger partial charge in [0.1, 0.15) is 0 Å². The average molecular weight is 311 g/mol. The third kappa shape index (κ3) is 5.70. The molecular formula is C17H30N2OS. The highest BCUT2D eigenvalue weighted by molar-refractivity contribution is 7.09. The number of nitrogens with zero attached hydrogens (tertiary/aromatic N) is 1. The quantitative estimate of drug-likeness (QED) is 0.709. The van der Waals surface area contributed by atoms with E-state index >= 15 is 0 Å². The molecule has 0 amide bonds. The van der Waals surface area contributed by atoms with Crippen LogP contribution in [0.1, 0.15) is 38.0 Å². The summed E-state index contributed by atoms with van der Waals surface area (Å²) in [6.07, 6.45) is 5.57. The van der Waals surface area contributed by atoms with Gasteiger partial charge in [-0.1, -0.05) is 13.0 Å². The SMILES string of the molecule is CCCNCC1CCC(CN(C)C(C)Cc2cccs2)O1. The molecule has 0 bridgehead atoms. The Labute approximate surface area is 133 Å². The van der Waals surface area contributed by atoms with Gasteiger partial charge in [0.05, 0.1) is 12.2 Å². The third-order valence-corrected chi connectivity index (χ3v) is 5.21. The lowest BCUT2D eigenvalue weighted by Crippen LogP contribution is -2.37. The largest absolute Gasteiger partial charge is 0.372 e. The van der Waals surface area contributed by atoms with Crippen LogP contribution >= 0.6 is 11.3 Å². The lowest BCUT2D eigenvalue weighted by molar-refractivity contribution is 0.0220. The van der Waals surface area contributed by atoms with Crippen LogP contribution in [0.25, 0.3) is 0 Å². The van der Waals surface area contributed by atoms with Gasteiger partial charge >= 0.3 is 0 Å². The molecule has 1 saturated heterocycles. The fraction of sp³-hybridized carbons (Fsp3) is 0.765. The van der Waals surface area contributed by atoms with E-state index in [2.05, 4.69) is 48.6 Å². The molecule has 2 rings (SSSR count). The second kappa shape index (κ2) is 8.89. The van der Waals surface area contributed by atoms with Crippen LogP contribution in [-0.2, 0) is 11.2 Å². The Kier molecular flexibility index (Phi) is 7.17. The van der Waals surface area contributed by atoms with Crippen molar-refractivity contribution in [2.45, 2.75) is 57.8 Å². The molecule has 0 saturated carbocycles. The highest BCUT2D eigenvalue weighted by Crippen LogP contribution is 2.21. The maximum Gasteiger partial charge on any atom is 0.0707 e. The first-order valence-electron chi connectivity index (χ1n) is 8.27. The summed E-state index contributed by atoms with van der Waals surface area (Å²) in [5, 5.41) is 5.63. The molecule has 0 radical (unpaired) electrons. The van der Waals surface area contributed by atoms with E-state index in [4.69, 9.17) is 4.74 Å². The van der Waals surface area contributed by atoms with Gasteiger partial charge in [-0.05, 0) is 57.6 Å². The fourth-order valence-corrected chi connectivity index (χ4v) is 3.71. The first kappa shape index (κ1) is 16.9. The highest BCUT2D eigenvalue weighted by Gasteiger charge is 2.26. The van der Waals surface area contributed by atoms with Crippen molar-refractivity contribution in [3.05, 3.63) is 22.4 Å². The Hall–Kier alpha value is -0.420. The molecule has 3 nitrogen and oxygen atoms in total. The average Bonchev–Trinajstić information content (AvgIpc) is 3.11. The number of hydrogen-bond acceptors (Lipinski definition) is 4. The lowest BCUT2D eigenvalue weighted by Gasteiger charge is -2.27. The van der Waals surface area contributed by atoms with Crippen LogP contribution < -0.4 is 5.32 Å². The number of likely N-dealkylation sites (N-methyl/N-ethyl adjacent to an activating group) is 1. The van der Waals surface area contributed by atoms with Gasteiger partial charge in [-0.2, -0.15) is 0 Å². The van der Waals surface area contributed by atoms with Gasteiger partial charge in [-0.25, -0.2) is 0 Å². The van der Waals surface area contributed by atoms with E-state index in [0.717, 1.165) is 26.1 Å². The number of nitrogens with one attached hydrogen (secondary N) is 1. The summed E-state index contributed by atoms with van der Waals surface area (Å²) >= 11 is 1.86. The minimum atomic E-state index is 0.411. The van der Waals surface area contributed by atoms with Crippen LogP contribution in [0.4, 0.5) is 0 Å². The zero-order valence-corrected chi connectivity index (χ0v) is 14.5. The van der Waals surface area contributed by atoms with Crippen molar-refractivity contribution in [3.8, 4) is 0 Å². The first-order chi connectivity index (χ1) is 10.2. The Morgan fingerprint density at radius 1 is 1.43 bits per heavy atom. The van der Waals surface area contributed by atoms with Gasteiger partial charge in [0.15, 0.2) is 0 Å². The minimum Gasteiger partial charge on any atom is -0.372 e. The van der Waals surface area contributed by atoms with E-state index in [1.54, 1.807) is 0 Å². The Balaban J connectivity index is 1.67. The van der Waals surface area contributed by atoms with Crippen molar-refractivity contribution >= 4 is 11.3 Å². The summed E-state index contributed by atoms with van der Waals surface area (Å²) in [4.78, 5) is 3.93. The first-order valence-corrected chi connectivity index (χ1v) is 9.15. The van der Waals surface area contributed by atoms with Crippen molar-refractivity contribution in [3.63, 3.8) is 0 Å². The van der Waals surface area contributed by atoms with E-state index in [9.17, 15) is 0 Å². The van der Waals surface area contributed by atoms with Crippen molar-refractivity contribution in [2.75, 3.05) is 26.7 Å². The standard InChI is InChI=1S/C17H30N2OS/c1-4-9-18-12-15-7-8-16(20-15)13-19(3)14(2)11-17-6-5-10-21-17/h5-6,10,14-16,18H,4,7-9,11-13H2,1-3H3. The molecule has 1 fully saturated rings. The smallest absolute Gasteiger partial charge is 0.0707 e. The van der Waals surface area contributed by atoms with Gasteiger partial charge in [-0.15, -0.1) is 11.3 Å². The monoisotopic (exact) mass is 310 g/mol. The van der Waals surface area contributed by atoms with Crippen LogP contribution in [0.15, 0.2) is 17.5 Å². The van der Waals surface area contributed by atoms with E-state index in [-0.39, 0.29) is 0 Å². The molecule has 3 unspecified atom stereocenters. The molecule has 2 heterocycles. The zero-order chi connectivity index (χ0) is 15.1. The van der Waals surface area contributed by atoms with Crippen molar-refractivity contribution in [1.82, 2.24) is 10.2 Å². The third-order valence-electron chi connectivity index (χ3n) is 4.32. The maximum atomic E-state index is 6.16. The van der Waals surface area contributed by atoms with Crippen molar-refractivity contribution in [1.29, 1.82) is 0 Å². The second-order valence-corrected chi connectivity index (χ2v) is 7.27. The summed E-state index contributed by atoms with van der Waals surface area (Å²) in [5.74, 6) is 0. The van der Waals surface area contributed by atoms with Gasteiger partial charge in [0.25, 0.3) is 0 Å². The molecule has 21 heavy (non-hydrogen) atoms. The summed E-state index contributed by atoms with van der Waals surface area (Å²) in [6, 6.07) is 4.95. The van der Waals surface area contributed by atoms with Crippen LogP contribution in [-0.4, -0.2) is 49.8 Å². The molecule has 0 aliphatic carbocycles. The van der Waals surface area contributed by atoms with Gasteiger partial charge in [-0.3, -0.25) is 0 Å². The van der Waals surface area contributed by atoms with Crippen LogP contribution in [0.3, 0.4) is 0 Å². The molecule has 1 aliphatic rings. The topological polar surface area (TPSA) is 24.5 Å². The summed E-state index contributed by atoms with van der Waals surface area (Å²) in [7, 11) is 2.23. The molecule has 4 heteroatoms. The number of rotatable bonds is 9. The Morgan fingerprint density at radius 2 is 2.24 bits per heavy atom. The molecule has 0 aromatic carbocycles. The number of ether oxygens (including phenoxy) is 1. The summed E-state index contributed by atoms with van der Waals surface area (Å²) in [5.41, 5.74) is 0. The molecular weight excluding hydrogens is 280 g/mol. The van der Waals surface area contributed by atoms with Crippen molar-refractivity contribution in [2.24, 2.45) is 0 Å². The molecule has 120 valence electrons. The molecule has 3 atom stereocenters. The maximum absolute atomic E-state index is 6.16. The highest BCUT2D eigenvalue weighted by atomic mass is 32.1. The van der Waals surface area contributed by atoms with E-state index in [1.165, 1.54) is 24.1 Å². The number of hydrogen-bond donors (Lipinski definition) is 1. The van der Waals surface area contributed by atoms with E-state index in [0.29, 0.717) is 18.2 Å². The summed E-state index contributed by atoms with van der Waals surface area (Å²) < 4.78 is 6.16.